The Morgan fingerprint density at radius 1 is 1.23 bits per heavy atom. The highest BCUT2D eigenvalue weighted by Gasteiger charge is 2.10. The van der Waals surface area contributed by atoms with E-state index in [4.69, 9.17) is 10.5 Å². The minimum absolute atomic E-state index is 0. The lowest BCUT2D eigenvalue weighted by Crippen LogP contribution is -2.37. The molecule has 1 saturated heterocycles. The van der Waals surface area contributed by atoms with Gasteiger partial charge in [-0.05, 0) is 18.1 Å². The van der Waals surface area contributed by atoms with Crippen molar-refractivity contribution in [2.75, 3.05) is 26.3 Å². The molecule has 0 spiro atoms. The second kappa shape index (κ2) is 10.8. The van der Waals surface area contributed by atoms with Crippen molar-refractivity contribution in [1.29, 1.82) is 0 Å². The van der Waals surface area contributed by atoms with Gasteiger partial charge in [-0.1, -0.05) is 24.3 Å². The van der Waals surface area contributed by atoms with Crippen LogP contribution in [0.2, 0.25) is 0 Å². The van der Waals surface area contributed by atoms with E-state index in [1.165, 1.54) is 5.56 Å². The van der Waals surface area contributed by atoms with E-state index in [1.807, 2.05) is 0 Å². The Bertz CT molecular complexity index is 435. The first-order valence-corrected chi connectivity index (χ1v) is 7.06. The Balaban J connectivity index is 0.00000220. The molecular formula is C15H25Cl2N3O2. The first-order chi connectivity index (χ1) is 9.65. The molecule has 1 aromatic rings. The number of benzene rings is 1. The van der Waals surface area contributed by atoms with Gasteiger partial charge in [-0.3, -0.25) is 9.69 Å². The van der Waals surface area contributed by atoms with Crippen LogP contribution in [0.4, 0.5) is 0 Å². The van der Waals surface area contributed by atoms with Gasteiger partial charge in [-0.25, -0.2) is 0 Å². The maximum absolute atomic E-state index is 11.4. The number of halogens is 2. The summed E-state index contributed by atoms with van der Waals surface area (Å²) in [6.07, 6.45) is 0. The molecule has 0 radical (unpaired) electrons. The Kier molecular flexibility index (Phi) is 10.4. The topological polar surface area (TPSA) is 67.6 Å². The molecule has 1 aliphatic rings. The molecule has 1 aromatic carbocycles. The molecule has 1 amide bonds. The molecule has 2 rings (SSSR count). The third-order valence-electron chi connectivity index (χ3n) is 3.41. The molecule has 0 aliphatic carbocycles. The van der Waals surface area contributed by atoms with E-state index in [2.05, 4.69) is 34.5 Å². The molecule has 5 nitrogen and oxygen atoms in total. The van der Waals surface area contributed by atoms with Crippen molar-refractivity contribution in [1.82, 2.24) is 10.2 Å². The highest BCUT2D eigenvalue weighted by Crippen LogP contribution is 2.09. The number of hydrogen-bond acceptors (Lipinski definition) is 4. The highest BCUT2D eigenvalue weighted by atomic mass is 35.5. The van der Waals surface area contributed by atoms with Crippen LogP contribution >= 0.6 is 24.8 Å². The molecule has 7 heteroatoms. The van der Waals surface area contributed by atoms with Crippen LogP contribution in [0, 0.1) is 0 Å². The number of carbonyl (C=O) groups excluding carboxylic acids is 1. The molecule has 0 bridgehead atoms. The fourth-order valence-corrected chi connectivity index (χ4v) is 2.13. The Labute approximate surface area is 144 Å². The molecule has 3 N–H and O–H groups in total. The van der Waals surface area contributed by atoms with E-state index in [0.717, 1.165) is 38.4 Å². The van der Waals surface area contributed by atoms with Crippen LogP contribution in [0.25, 0.3) is 0 Å². The third kappa shape index (κ3) is 6.94. The van der Waals surface area contributed by atoms with Crippen molar-refractivity contribution < 1.29 is 9.53 Å². The molecule has 1 aliphatic heterocycles. The van der Waals surface area contributed by atoms with Gasteiger partial charge >= 0.3 is 0 Å². The number of amides is 1. The molecule has 22 heavy (non-hydrogen) atoms. The van der Waals surface area contributed by atoms with Gasteiger partial charge in [-0.2, -0.15) is 0 Å². The number of nitrogens with zero attached hydrogens (tertiary/aromatic N) is 1. The van der Waals surface area contributed by atoms with Crippen LogP contribution in [-0.2, 0) is 22.6 Å². The smallest absolute Gasteiger partial charge is 0.236 e. The minimum atomic E-state index is -0.462. The number of nitrogens with one attached hydrogen (secondary N) is 1. The van der Waals surface area contributed by atoms with Crippen molar-refractivity contribution in [2.45, 2.75) is 26.1 Å². The van der Waals surface area contributed by atoms with Crippen molar-refractivity contribution in [3.63, 3.8) is 0 Å². The maximum Gasteiger partial charge on any atom is 0.236 e. The molecular weight excluding hydrogens is 325 g/mol. The molecule has 1 unspecified atom stereocenters. The largest absolute Gasteiger partial charge is 0.379 e. The van der Waals surface area contributed by atoms with Gasteiger partial charge in [0.25, 0.3) is 0 Å². The van der Waals surface area contributed by atoms with Crippen molar-refractivity contribution in [3.05, 3.63) is 35.4 Å². The van der Waals surface area contributed by atoms with Crippen molar-refractivity contribution in [2.24, 2.45) is 5.73 Å². The summed E-state index contributed by atoms with van der Waals surface area (Å²) >= 11 is 0. The normalized spacial score (nSPS) is 16.1. The fraction of sp³-hybridized carbons (Fsp3) is 0.533. The zero-order valence-corrected chi connectivity index (χ0v) is 14.4. The number of hydrogen-bond donors (Lipinski definition) is 2. The van der Waals surface area contributed by atoms with Crippen LogP contribution < -0.4 is 11.1 Å². The van der Waals surface area contributed by atoms with Gasteiger partial charge < -0.3 is 15.8 Å². The van der Waals surface area contributed by atoms with Gasteiger partial charge in [0.05, 0.1) is 19.3 Å². The molecule has 1 heterocycles. The van der Waals surface area contributed by atoms with Gasteiger partial charge in [0, 0.05) is 26.2 Å². The summed E-state index contributed by atoms with van der Waals surface area (Å²) in [5, 5.41) is 2.81. The van der Waals surface area contributed by atoms with Gasteiger partial charge in [0.1, 0.15) is 0 Å². The van der Waals surface area contributed by atoms with Gasteiger partial charge in [0.15, 0.2) is 0 Å². The van der Waals surface area contributed by atoms with Crippen LogP contribution in [-0.4, -0.2) is 43.2 Å². The van der Waals surface area contributed by atoms with Gasteiger partial charge in [-0.15, -0.1) is 24.8 Å². The molecule has 1 atom stereocenters. The standard InChI is InChI=1S/C15H23N3O2.2ClH/c1-12(16)15(19)17-10-13-2-4-14(5-3-13)11-18-6-8-20-9-7-18;;/h2-5,12H,6-11,16H2,1H3,(H,17,19);2*1H. The molecule has 0 aromatic heterocycles. The molecule has 1 fully saturated rings. The summed E-state index contributed by atoms with van der Waals surface area (Å²) in [5.41, 5.74) is 7.87. The van der Waals surface area contributed by atoms with Crippen LogP contribution in [0.15, 0.2) is 24.3 Å². The number of ether oxygens (including phenoxy) is 1. The monoisotopic (exact) mass is 349 g/mol. The van der Waals surface area contributed by atoms with Gasteiger partial charge in [0.2, 0.25) is 5.91 Å². The summed E-state index contributed by atoms with van der Waals surface area (Å²) in [4.78, 5) is 13.8. The number of rotatable bonds is 5. The third-order valence-corrected chi connectivity index (χ3v) is 3.41. The summed E-state index contributed by atoms with van der Waals surface area (Å²) in [5.74, 6) is -0.123. The predicted octanol–water partition coefficient (Wildman–Crippen LogP) is 1.33. The van der Waals surface area contributed by atoms with Crippen molar-refractivity contribution >= 4 is 30.7 Å². The van der Waals surface area contributed by atoms with E-state index in [9.17, 15) is 4.79 Å². The number of morpholine rings is 1. The summed E-state index contributed by atoms with van der Waals surface area (Å²) < 4.78 is 5.34. The Morgan fingerprint density at radius 3 is 2.32 bits per heavy atom. The Morgan fingerprint density at radius 2 is 1.77 bits per heavy atom. The lowest BCUT2D eigenvalue weighted by molar-refractivity contribution is -0.122. The first kappa shape index (κ1) is 21.1. The van der Waals surface area contributed by atoms with Crippen molar-refractivity contribution in [3.8, 4) is 0 Å². The number of nitrogens with two attached hydrogens (primary N) is 1. The highest BCUT2D eigenvalue weighted by molar-refractivity contribution is 5.85. The second-order valence-corrected chi connectivity index (χ2v) is 5.21. The molecule has 0 saturated carbocycles. The van der Waals surface area contributed by atoms with E-state index in [-0.39, 0.29) is 30.7 Å². The summed E-state index contributed by atoms with van der Waals surface area (Å²) in [7, 11) is 0. The van der Waals surface area contributed by atoms with Crippen LogP contribution in [0.3, 0.4) is 0 Å². The first-order valence-electron chi connectivity index (χ1n) is 7.06. The van der Waals surface area contributed by atoms with E-state index < -0.39 is 6.04 Å². The van der Waals surface area contributed by atoms with Crippen LogP contribution in [0.1, 0.15) is 18.1 Å². The fourth-order valence-electron chi connectivity index (χ4n) is 2.13. The minimum Gasteiger partial charge on any atom is -0.379 e. The lowest BCUT2D eigenvalue weighted by atomic mass is 10.1. The Hall–Kier alpha value is -0.850. The quantitative estimate of drug-likeness (QED) is 0.841. The zero-order chi connectivity index (χ0) is 14.4. The lowest BCUT2D eigenvalue weighted by Gasteiger charge is -2.26. The average molecular weight is 350 g/mol. The SMILES string of the molecule is CC(N)C(=O)NCc1ccc(CN2CCOCC2)cc1.Cl.Cl. The second-order valence-electron chi connectivity index (χ2n) is 5.21. The number of carbonyl (C=O) groups is 1. The zero-order valence-electron chi connectivity index (χ0n) is 12.8. The average Bonchev–Trinajstić information content (AvgIpc) is 2.47. The summed E-state index contributed by atoms with van der Waals surface area (Å²) in [6, 6.07) is 7.87. The van der Waals surface area contributed by atoms with E-state index in [0.29, 0.717) is 6.54 Å². The van der Waals surface area contributed by atoms with E-state index >= 15 is 0 Å². The maximum atomic E-state index is 11.4. The van der Waals surface area contributed by atoms with E-state index in [1.54, 1.807) is 6.92 Å². The van der Waals surface area contributed by atoms with Crippen LogP contribution in [0.5, 0.6) is 0 Å². The predicted molar refractivity (Wildman–Crippen MR) is 92.5 cm³/mol. The molecule has 126 valence electrons. The summed E-state index contributed by atoms with van der Waals surface area (Å²) in [6.45, 7) is 6.79.